The molecule has 0 unspecified atom stereocenters. The van der Waals surface area contributed by atoms with Crippen LogP contribution < -0.4 is 11.1 Å². The monoisotopic (exact) mass is 216 g/mol. The maximum atomic E-state index is 5.82. The Hall–Kier alpha value is -1.97. The van der Waals surface area contributed by atoms with Crippen molar-refractivity contribution in [3.05, 3.63) is 42.7 Å². The minimum Gasteiger partial charge on any atom is -0.397 e. The van der Waals surface area contributed by atoms with Gasteiger partial charge in [0.1, 0.15) is 0 Å². The van der Waals surface area contributed by atoms with Crippen LogP contribution in [0.1, 0.15) is 6.42 Å². The Labute approximate surface area is 95.1 Å². The van der Waals surface area contributed by atoms with Crippen LogP contribution in [0.3, 0.4) is 0 Å². The quantitative estimate of drug-likeness (QED) is 0.593. The summed E-state index contributed by atoms with van der Waals surface area (Å²) in [5, 5.41) is 7.45. The van der Waals surface area contributed by atoms with E-state index in [1.165, 1.54) is 0 Å². The Morgan fingerprint density at radius 3 is 2.88 bits per heavy atom. The van der Waals surface area contributed by atoms with Gasteiger partial charge in [-0.3, -0.25) is 4.68 Å². The number of rotatable bonds is 5. The van der Waals surface area contributed by atoms with Gasteiger partial charge in [0.05, 0.1) is 11.4 Å². The van der Waals surface area contributed by atoms with Gasteiger partial charge < -0.3 is 11.1 Å². The highest BCUT2D eigenvalue weighted by atomic mass is 15.3. The van der Waals surface area contributed by atoms with Gasteiger partial charge in [0.15, 0.2) is 0 Å². The van der Waals surface area contributed by atoms with Crippen molar-refractivity contribution in [2.45, 2.75) is 13.0 Å². The average molecular weight is 216 g/mol. The molecule has 0 spiro atoms. The second-order valence-electron chi connectivity index (χ2n) is 3.64. The van der Waals surface area contributed by atoms with E-state index >= 15 is 0 Å². The highest BCUT2D eigenvalue weighted by Gasteiger charge is 1.96. The van der Waals surface area contributed by atoms with E-state index in [4.69, 9.17) is 5.73 Å². The van der Waals surface area contributed by atoms with Gasteiger partial charge >= 0.3 is 0 Å². The minimum absolute atomic E-state index is 0.793. The maximum Gasteiger partial charge on any atom is 0.0573 e. The number of benzene rings is 1. The fourth-order valence-electron chi connectivity index (χ4n) is 1.55. The molecule has 1 aromatic carbocycles. The molecule has 0 aliphatic carbocycles. The van der Waals surface area contributed by atoms with Crippen molar-refractivity contribution < 1.29 is 0 Å². The fraction of sp³-hybridized carbons (Fsp3) is 0.250. The summed E-state index contributed by atoms with van der Waals surface area (Å²) in [4.78, 5) is 0. The third-order valence-corrected chi connectivity index (χ3v) is 2.40. The van der Waals surface area contributed by atoms with Crippen LogP contribution in [0.5, 0.6) is 0 Å². The molecule has 1 aromatic heterocycles. The van der Waals surface area contributed by atoms with E-state index in [1.807, 2.05) is 41.2 Å². The largest absolute Gasteiger partial charge is 0.397 e. The van der Waals surface area contributed by atoms with E-state index in [-0.39, 0.29) is 0 Å². The van der Waals surface area contributed by atoms with Crippen molar-refractivity contribution >= 4 is 11.4 Å². The number of hydrogen-bond donors (Lipinski definition) is 2. The van der Waals surface area contributed by atoms with Crippen LogP contribution in [0.15, 0.2) is 42.7 Å². The summed E-state index contributed by atoms with van der Waals surface area (Å²) in [6.45, 7) is 1.82. The standard InChI is InChI=1S/C12H16N4/c13-11-5-1-2-6-12(11)14-7-3-9-16-10-4-8-15-16/h1-2,4-6,8,10,14H,3,7,9,13H2. The first-order valence-corrected chi connectivity index (χ1v) is 5.42. The van der Waals surface area contributed by atoms with Crippen molar-refractivity contribution in [2.75, 3.05) is 17.6 Å². The molecule has 16 heavy (non-hydrogen) atoms. The second-order valence-corrected chi connectivity index (χ2v) is 3.64. The lowest BCUT2D eigenvalue weighted by atomic mass is 10.2. The number of nitrogens with two attached hydrogens (primary N) is 1. The van der Waals surface area contributed by atoms with Crippen LogP contribution in [0, 0.1) is 0 Å². The predicted octanol–water partition coefficient (Wildman–Crippen LogP) is 1.97. The molecule has 0 aliphatic heterocycles. The van der Waals surface area contributed by atoms with Crippen molar-refractivity contribution in [3.8, 4) is 0 Å². The molecule has 0 fully saturated rings. The van der Waals surface area contributed by atoms with E-state index in [9.17, 15) is 0 Å². The fourth-order valence-corrected chi connectivity index (χ4v) is 1.55. The summed E-state index contributed by atoms with van der Waals surface area (Å²) in [7, 11) is 0. The summed E-state index contributed by atoms with van der Waals surface area (Å²) in [6.07, 6.45) is 4.79. The van der Waals surface area contributed by atoms with Crippen molar-refractivity contribution in [3.63, 3.8) is 0 Å². The molecule has 0 radical (unpaired) electrons. The molecular formula is C12H16N4. The number of anilines is 2. The van der Waals surface area contributed by atoms with E-state index in [2.05, 4.69) is 10.4 Å². The van der Waals surface area contributed by atoms with E-state index < -0.39 is 0 Å². The van der Waals surface area contributed by atoms with Crippen LogP contribution in [-0.4, -0.2) is 16.3 Å². The zero-order valence-electron chi connectivity index (χ0n) is 9.13. The van der Waals surface area contributed by atoms with Crippen LogP contribution in [-0.2, 0) is 6.54 Å². The number of para-hydroxylation sites is 2. The first-order chi connectivity index (χ1) is 7.86. The molecule has 3 N–H and O–H groups in total. The van der Waals surface area contributed by atoms with Gasteiger partial charge in [0, 0.05) is 25.5 Å². The van der Waals surface area contributed by atoms with Gasteiger partial charge in [-0.2, -0.15) is 5.10 Å². The molecule has 0 amide bonds. The topological polar surface area (TPSA) is 55.9 Å². The molecule has 1 heterocycles. The molecule has 4 heteroatoms. The third kappa shape index (κ3) is 2.76. The van der Waals surface area contributed by atoms with Crippen LogP contribution in [0.25, 0.3) is 0 Å². The SMILES string of the molecule is Nc1ccccc1NCCCn1cccn1. The summed E-state index contributed by atoms with van der Waals surface area (Å²) >= 11 is 0. The Kier molecular flexibility index (Phi) is 3.43. The van der Waals surface area contributed by atoms with Gasteiger partial charge in [0.2, 0.25) is 0 Å². The number of aromatic nitrogens is 2. The molecule has 2 rings (SSSR count). The van der Waals surface area contributed by atoms with E-state index in [0.29, 0.717) is 0 Å². The van der Waals surface area contributed by atoms with Crippen LogP contribution >= 0.6 is 0 Å². The Balaban J connectivity index is 1.74. The summed E-state index contributed by atoms with van der Waals surface area (Å²) < 4.78 is 1.93. The minimum atomic E-state index is 0.793. The van der Waals surface area contributed by atoms with Crippen molar-refractivity contribution in [1.82, 2.24) is 9.78 Å². The lowest BCUT2D eigenvalue weighted by Crippen LogP contribution is -2.08. The molecule has 2 aromatic rings. The molecule has 0 saturated heterocycles. The normalized spacial score (nSPS) is 10.2. The van der Waals surface area contributed by atoms with Crippen molar-refractivity contribution in [1.29, 1.82) is 0 Å². The Morgan fingerprint density at radius 2 is 2.12 bits per heavy atom. The zero-order chi connectivity index (χ0) is 11.2. The number of aryl methyl sites for hydroxylation is 1. The Morgan fingerprint density at radius 1 is 1.25 bits per heavy atom. The Bertz CT molecular complexity index is 422. The number of nitrogens with zero attached hydrogens (tertiary/aromatic N) is 2. The average Bonchev–Trinajstić information content (AvgIpc) is 2.79. The van der Waals surface area contributed by atoms with Crippen LogP contribution in [0.4, 0.5) is 11.4 Å². The van der Waals surface area contributed by atoms with E-state index in [1.54, 1.807) is 6.20 Å². The summed E-state index contributed by atoms with van der Waals surface area (Å²) in [6, 6.07) is 9.73. The summed E-state index contributed by atoms with van der Waals surface area (Å²) in [5.41, 5.74) is 7.61. The van der Waals surface area contributed by atoms with Gasteiger partial charge in [-0.1, -0.05) is 12.1 Å². The predicted molar refractivity (Wildman–Crippen MR) is 66.2 cm³/mol. The summed E-state index contributed by atoms with van der Waals surface area (Å²) in [5.74, 6) is 0. The van der Waals surface area contributed by atoms with E-state index in [0.717, 1.165) is 30.9 Å². The molecule has 0 atom stereocenters. The van der Waals surface area contributed by atoms with Gasteiger partial charge in [-0.25, -0.2) is 0 Å². The highest BCUT2D eigenvalue weighted by Crippen LogP contribution is 2.16. The second kappa shape index (κ2) is 5.21. The van der Waals surface area contributed by atoms with Crippen molar-refractivity contribution in [2.24, 2.45) is 0 Å². The first kappa shape index (κ1) is 10.5. The molecule has 0 saturated carbocycles. The number of nitrogens with one attached hydrogen (secondary N) is 1. The van der Waals surface area contributed by atoms with Gasteiger partial charge in [-0.15, -0.1) is 0 Å². The lowest BCUT2D eigenvalue weighted by molar-refractivity contribution is 0.592. The first-order valence-electron chi connectivity index (χ1n) is 5.42. The number of nitrogen functional groups attached to an aromatic ring is 1. The van der Waals surface area contributed by atoms with Crippen LogP contribution in [0.2, 0.25) is 0 Å². The zero-order valence-corrected chi connectivity index (χ0v) is 9.13. The third-order valence-electron chi connectivity index (χ3n) is 2.40. The molecule has 84 valence electrons. The smallest absolute Gasteiger partial charge is 0.0573 e. The molecule has 4 nitrogen and oxygen atoms in total. The molecular weight excluding hydrogens is 200 g/mol. The van der Waals surface area contributed by atoms with Gasteiger partial charge in [0.25, 0.3) is 0 Å². The lowest BCUT2D eigenvalue weighted by Gasteiger charge is -2.08. The molecule has 0 aliphatic rings. The highest BCUT2D eigenvalue weighted by molar-refractivity contribution is 5.65. The molecule has 0 bridgehead atoms. The number of hydrogen-bond acceptors (Lipinski definition) is 3. The van der Waals surface area contributed by atoms with Gasteiger partial charge in [-0.05, 0) is 24.6 Å². The maximum absolute atomic E-state index is 5.82.